The van der Waals surface area contributed by atoms with E-state index in [1.54, 1.807) is 0 Å². The maximum atomic E-state index is 5.81. The van der Waals surface area contributed by atoms with Crippen molar-refractivity contribution < 1.29 is 9.15 Å². The highest BCUT2D eigenvalue weighted by molar-refractivity contribution is 5.80. The van der Waals surface area contributed by atoms with E-state index in [2.05, 4.69) is 59.4 Å². The summed E-state index contributed by atoms with van der Waals surface area (Å²) in [5.74, 6) is 2.29. The molecule has 0 amide bonds. The molecule has 6 nitrogen and oxygen atoms in total. The van der Waals surface area contributed by atoms with Crippen molar-refractivity contribution in [1.82, 2.24) is 20.2 Å². The molecule has 0 aliphatic heterocycles. The van der Waals surface area contributed by atoms with Gasteiger partial charge in [-0.2, -0.15) is 0 Å². The maximum absolute atomic E-state index is 5.81. The summed E-state index contributed by atoms with van der Waals surface area (Å²) in [6.45, 7) is 6.62. The van der Waals surface area contributed by atoms with Gasteiger partial charge in [0.15, 0.2) is 0 Å². The average molecular weight is 443 g/mol. The van der Waals surface area contributed by atoms with E-state index < -0.39 is 0 Å². The monoisotopic (exact) mass is 442 g/mol. The van der Waals surface area contributed by atoms with Crippen molar-refractivity contribution in [1.29, 1.82) is 0 Å². The van der Waals surface area contributed by atoms with Gasteiger partial charge >= 0.3 is 0 Å². The summed E-state index contributed by atoms with van der Waals surface area (Å²) < 4.78 is 11.5. The van der Waals surface area contributed by atoms with Crippen molar-refractivity contribution in [3.05, 3.63) is 72.0 Å². The minimum absolute atomic E-state index is 0.273. The molecule has 0 saturated heterocycles. The molecule has 33 heavy (non-hydrogen) atoms. The number of ether oxygens (including phenoxy) is 1. The quantitative estimate of drug-likeness (QED) is 0.257. The number of unbranched alkanes of at least 4 members (excludes halogenated alkanes) is 2. The lowest BCUT2D eigenvalue weighted by molar-refractivity contribution is 0.328. The number of hydrogen-bond acceptors (Lipinski definition) is 6. The van der Waals surface area contributed by atoms with Gasteiger partial charge in [0.05, 0.1) is 17.6 Å². The van der Waals surface area contributed by atoms with Crippen LogP contribution in [-0.4, -0.2) is 26.8 Å². The van der Waals surface area contributed by atoms with Gasteiger partial charge in [-0.15, -0.1) is 10.2 Å². The molecule has 0 radical (unpaired) electrons. The number of allylic oxidation sites excluding steroid dienone is 1. The van der Waals surface area contributed by atoms with Crippen molar-refractivity contribution in [3.63, 3.8) is 0 Å². The SMILES string of the molecule is CCOc1nc2ccccc2nc1-c1cccc(/C=C/CCCCc2nnc(C(C)C)o2)c1. The fourth-order valence-electron chi connectivity index (χ4n) is 3.56. The van der Waals surface area contributed by atoms with E-state index in [0.717, 1.165) is 59.4 Å². The van der Waals surface area contributed by atoms with Crippen LogP contribution in [0.3, 0.4) is 0 Å². The van der Waals surface area contributed by atoms with Gasteiger partial charge in [0.25, 0.3) is 0 Å². The van der Waals surface area contributed by atoms with Gasteiger partial charge < -0.3 is 9.15 Å². The Labute approximate surface area is 194 Å². The van der Waals surface area contributed by atoms with Gasteiger partial charge in [-0.3, -0.25) is 0 Å². The van der Waals surface area contributed by atoms with Crippen molar-refractivity contribution in [2.24, 2.45) is 0 Å². The van der Waals surface area contributed by atoms with Gasteiger partial charge in [0, 0.05) is 17.9 Å². The summed E-state index contributed by atoms with van der Waals surface area (Å²) in [6, 6.07) is 16.2. The first-order valence-corrected chi connectivity index (χ1v) is 11.6. The molecule has 2 aromatic carbocycles. The van der Waals surface area contributed by atoms with Crippen LogP contribution < -0.4 is 4.74 Å². The Bertz CT molecular complexity index is 1230. The Balaban J connectivity index is 1.39. The third-order valence-electron chi connectivity index (χ3n) is 5.28. The molecule has 0 aliphatic rings. The fraction of sp³-hybridized carbons (Fsp3) is 0.333. The number of benzene rings is 2. The molecule has 0 unspecified atom stereocenters. The predicted molar refractivity (Wildman–Crippen MR) is 131 cm³/mol. The van der Waals surface area contributed by atoms with Crippen LogP contribution in [0.5, 0.6) is 5.88 Å². The molecule has 4 aromatic rings. The second kappa shape index (κ2) is 10.9. The lowest BCUT2D eigenvalue weighted by atomic mass is 10.1. The van der Waals surface area contributed by atoms with E-state index in [9.17, 15) is 0 Å². The van der Waals surface area contributed by atoms with Gasteiger partial charge in [0.1, 0.15) is 5.69 Å². The molecule has 0 N–H and O–H groups in total. The largest absolute Gasteiger partial charge is 0.476 e. The second-order valence-corrected chi connectivity index (χ2v) is 8.26. The van der Waals surface area contributed by atoms with Crippen LogP contribution in [0.15, 0.2) is 59.0 Å². The zero-order valence-corrected chi connectivity index (χ0v) is 19.5. The minimum Gasteiger partial charge on any atom is -0.476 e. The van der Waals surface area contributed by atoms with E-state index in [1.165, 1.54) is 0 Å². The molecule has 2 aromatic heterocycles. The molecule has 0 spiro atoms. The number of aromatic nitrogens is 4. The third kappa shape index (κ3) is 5.83. The van der Waals surface area contributed by atoms with Gasteiger partial charge in [-0.05, 0) is 49.9 Å². The van der Waals surface area contributed by atoms with Crippen LogP contribution in [-0.2, 0) is 6.42 Å². The number of fused-ring (bicyclic) bond motifs is 1. The summed E-state index contributed by atoms with van der Waals surface area (Å²) in [5.41, 5.74) is 4.59. The van der Waals surface area contributed by atoms with Crippen LogP contribution in [0.4, 0.5) is 0 Å². The number of hydrogen-bond donors (Lipinski definition) is 0. The molecule has 0 bridgehead atoms. The topological polar surface area (TPSA) is 73.9 Å². The van der Waals surface area contributed by atoms with E-state index in [4.69, 9.17) is 14.1 Å². The van der Waals surface area contributed by atoms with Crippen molar-refractivity contribution in [2.45, 2.75) is 52.4 Å². The molecule has 0 fully saturated rings. The second-order valence-electron chi connectivity index (χ2n) is 8.26. The van der Waals surface area contributed by atoms with Crippen LogP contribution >= 0.6 is 0 Å². The van der Waals surface area contributed by atoms with Gasteiger partial charge in [-0.25, -0.2) is 9.97 Å². The van der Waals surface area contributed by atoms with E-state index in [-0.39, 0.29) is 5.92 Å². The fourth-order valence-corrected chi connectivity index (χ4v) is 3.56. The lowest BCUT2D eigenvalue weighted by Crippen LogP contribution is -2.00. The lowest BCUT2D eigenvalue weighted by Gasteiger charge is -2.10. The first-order valence-electron chi connectivity index (χ1n) is 11.6. The summed E-state index contributed by atoms with van der Waals surface area (Å²) >= 11 is 0. The van der Waals surface area contributed by atoms with E-state index >= 15 is 0 Å². The van der Waals surface area contributed by atoms with Crippen LogP contribution in [0, 0.1) is 0 Å². The highest BCUT2D eigenvalue weighted by Crippen LogP contribution is 2.29. The number of nitrogens with zero attached hydrogens (tertiary/aromatic N) is 4. The van der Waals surface area contributed by atoms with Crippen LogP contribution in [0.1, 0.15) is 63.3 Å². The maximum Gasteiger partial charge on any atom is 0.241 e. The average Bonchev–Trinajstić information content (AvgIpc) is 3.31. The minimum atomic E-state index is 0.273. The Kier molecular flexibility index (Phi) is 7.45. The highest BCUT2D eigenvalue weighted by Gasteiger charge is 2.12. The summed E-state index contributed by atoms with van der Waals surface area (Å²) in [6.07, 6.45) is 8.28. The molecule has 2 heterocycles. The van der Waals surface area contributed by atoms with Crippen molar-refractivity contribution >= 4 is 17.1 Å². The third-order valence-corrected chi connectivity index (χ3v) is 5.28. The van der Waals surface area contributed by atoms with Crippen LogP contribution in [0.25, 0.3) is 28.4 Å². The zero-order chi connectivity index (χ0) is 23.0. The molecular formula is C27H30N4O2. The number of para-hydroxylation sites is 2. The summed E-state index contributed by atoms with van der Waals surface area (Å²) in [7, 11) is 0. The molecule has 0 aliphatic carbocycles. The van der Waals surface area contributed by atoms with E-state index in [0.29, 0.717) is 18.4 Å². The van der Waals surface area contributed by atoms with E-state index in [1.807, 2.05) is 37.3 Å². The number of aryl methyl sites for hydroxylation is 1. The summed E-state index contributed by atoms with van der Waals surface area (Å²) in [4.78, 5) is 9.52. The highest BCUT2D eigenvalue weighted by atomic mass is 16.5. The molecule has 6 heteroatoms. The van der Waals surface area contributed by atoms with Gasteiger partial charge in [0.2, 0.25) is 17.7 Å². The zero-order valence-electron chi connectivity index (χ0n) is 19.5. The molecule has 0 atom stereocenters. The molecule has 170 valence electrons. The molecule has 4 rings (SSSR count). The Hall–Kier alpha value is -3.54. The number of rotatable bonds is 10. The van der Waals surface area contributed by atoms with Crippen molar-refractivity contribution in [2.75, 3.05) is 6.61 Å². The molecule has 0 saturated carbocycles. The first kappa shape index (κ1) is 22.6. The Morgan fingerprint density at radius 3 is 2.55 bits per heavy atom. The smallest absolute Gasteiger partial charge is 0.241 e. The Morgan fingerprint density at radius 1 is 0.970 bits per heavy atom. The normalized spacial score (nSPS) is 11.6. The predicted octanol–water partition coefficient (Wildman–Crippen LogP) is 6.63. The van der Waals surface area contributed by atoms with Crippen molar-refractivity contribution in [3.8, 4) is 17.1 Å². The van der Waals surface area contributed by atoms with Crippen LogP contribution in [0.2, 0.25) is 0 Å². The summed E-state index contributed by atoms with van der Waals surface area (Å²) in [5, 5.41) is 8.21. The Morgan fingerprint density at radius 2 is 1.79 bits per heavy atom. The first-order chi connectivity index (χ1) is 16.1. The van der Waals surface area contributed by atoms with Gasteiger partial charge in [-0.1, -0.05) is 56.3 Å². The molecular weight excluding hydrogens is 412 g/mol. The standard InChI is InChI=1S/C27H30N4O2/c1-4-32-27-25(28-22-15-9-10-16-23(22)29-27)21-14-11-13-20(18-21)12-7-5-6-8-17-24-30-31-26(33-24)19(2)3/h7,9-16,18-19H,4-6,8,17H2,1-3H3/b12-7+.